The number of aliphatic hydroxyl groups excluding tert-OH is 1. The van der Waals surface area contributed by atoms with E-state index in [1.807, 2.05) is 23.5 Å². The molecule has 5 rings (SSSR count). The number of aliphatic hydroxyl groups is 1. The molecule has 2 heterocycles. The fourth-order valence-corrected chi connectivity index (χ4v) is 13.5. The quantitative estimate of drug-likeness (QED) is 0.0599. The van der Waals surface area contributed by atoms with E-state index < -0.39 is 0 Å². The number of anilines is 2. The first-order chi connectivity index (χ1) is 31.3. The van der Waals surface area contributed by atoms with Gasteiger partial charge in [0.2, 0.25) is 5.78 Å². The lowest BCUT2D eigenvalue weighted by atomic mass is 9.73. The molecule has 1 aromatic carbocycles. The van der Waals surface area contributed by atoms with Crippen LogP contribution in [0.15, 0.2) is 57.5 Å². The molecule has 1 saturated heterocycles. The number of thiocarbonyl (C=S) groups is 2. The van der Waals surface area contributed by atoms with Crippen molar-refractivity contribution in [2.45, 2.75) is 204 Å². The highest BCUT2D eigenvalue weighted by molar-refractivity contribution is 7.99. The van der Waals surface area contributed by atoms with Gasteiger partial charge in [0.1, 0.15) is 10.7 Å². The Morgan fingerprint density at radius 3 is 1.88 bits per heavy atom. The molecular formula is C56H86N4O2S4. The van der Waals surface area contributed by atoms with E-state index in [0.717, 1.165) is 70.2 Å². The van der Waals surface area contributed by atoms with Crippen LogP contribution in [0.1, 0.15) is 185 Å². The van der Waals surface area contributed by atoms with Gasteiger partial charge in [0.25, 0.3) is 0 Å². The highest BCUT2D eigenvalue weighted by Gasteiger charge is 2.49. The van der Waals surface area contributed by atoms with E-state index in [2.05, 4.69) is 136 Å². The van der Waals surface area contributed by atoms with Crippen LogP contribution < -0.4 is 10.2 Å². The van der Waals surface area contributed by atoms with Gasteiger partial charge in [-0.2, -0.15) is 23.5 Å². The van der Waals surface area contributed by atoms with Gasteiger partial charge in [0, 0.05) is 69.6 Å². The molecule has 66 heavy (non-hydrogen) atoms. The van der Waals surface area contributed by atoms with E-state index in [-0.39, 0.29) is 46.5 Å². The van der Waals surface area contributed by atoms with Crippen molar-refractivity contribution in [1.29, 1.82) is 0 Å². The minimum atomic E-state index is -0.198. The summed E-state index contributed by atoms with van der Waals surface area (Å²) < 4.78 is 0. The van der Waals surface area contributed by atoms with Gasteiger partial charge in [-0.05, 0) is 144 Å². The van der Waals surface area contributed by atoms with Crippen molar-refractivity contribution in [2.75, 3.05) is 33.2 Å². The number of nitrogens with one attached hydrogen (secondary N) is 1. The molecule has 1 fully saturated rings. The maximum Gasteiger partial charge on any atom is 0.201 e. The average molecular weight is 976 g/mol. The van der Waals surface area contributed by atoms with E-state index in [0.29, 0.717) is 39.4 Å². The number of carbonyl (C=O) groups is 1. The predicted molar refractivity (Wildman–Crippen MR) is 300 cm³/mol. The summed E-state index contributed by atoms with van der Waals surface area (Å²) in [4.78, 5) is 26.5. The molecule has 4 aliphatic rings. The Labute approximate surface area is 421 Å². The number of hydrogen-bond acceptors (Lipinski definition) is 8. The van der Waals surface area contributed by atoms with Gasteiger partial charge in [-0.15, -0.1) is 0 Å². The van der Waals surface area contributed by atoms with Crippen LogP contribution in [0, 0.1) is 17.3 Å². The fourth-order valence-electron chi connectivity index (χ4n) is 10.5. The van der Waals surface area contributed by atoms with Crippen LogP contribution in [-0.4, -0.2) is 78.7 Å². The van der Waals surface area contributed by atoms with Crippen molar-refractivity contribution in [2.24, 2.45) is 22.2 Å². The lowest BCUT2D eigenvalue weighted by Crippen LogP contribution is -2.42. The van der Waals surface area contributed by atoms with Gasteiger partial charge < -0.3 is 20.2 Å². The van der Waals surface area contributed by atoms with Crippen LogP contribution >= 0.6 is 48.0 Å². The van der Waals surface area contributed by atoms with Crippen LogP contribution in [0.4, 0.5) is 11.4 Å². The van der Waals surface area contributed by atoms with Crippen molar-refractivity contribution < 1.29 is 9.90 Å². The van der Waals surface area contributed by atoms with E-state index in [4.69, 9.17) is 29.4 Å². The standard InChI is InChI=1S/C56H86N4O2S4/c1-15-19-23-39(17-3)33-65-27-21-25-49(63)57-45-31-47-43(55(11,12)37(9)59(47)35(5)6)29-41(45)51-53(61)52(54(51)62)42-30-44-48(60(36(7)8)38(10)56(44,13)14)32-46(42)58-50(64)26-22-28-66-34-40(18-4)24-20-16-2/h29-32,35-40,61H,15-28,33-34H2,1-14H3,(H,57,63). The molecule has 0 aromatic heterocycles. The second-order valence-corrected chi connectivity index (χ2v) is 24.5. The second-order valence-electron chi connectivity index (χ2n) is 21.3. The van der Waals surface area contributed by atoms with Gasteiger partial charge in [-0.25, -0.2) is 4.99 Å². The van der Waals surface area contributed by atoms with Crippen LogP contribution in [0.2, 0.25) is 0 Å². The van der Waals surface area contributed by atoms with Crippen molar-refractivity contribution in [1.82, 2.24) is 4.90 Å². The number of carbonyl (C=O) groups excluding carboxylic acids is 1. The summed E-state index contributed by atoms with van der Waals surface area (Å²) in [5.41, 5.74) is 7.69. The number of ketones is 1. The molecule has 10 heteroatoms. The number of benzene rings is 1. The molecular weight excluding hydrogens is 889 g/mol. The normalized spacial score (nSPS) is 22.5. The SMILES string of the molecule is CCCCC(CC)CSCCCC(=S)N=C1C=C2C(=CC1=C1C(=O)C(c3cc4c(cc3NC(=S)CCCSCC(CC)CCCC)N(C(C)C)C(C)C4(C)C)=C1O)C(C)(C)C(C)N2C(C)C. The average Bonchev–Trinajstić information content (AvgIpc) is 3.58. The molecule has 2 N–H and O–H groups in total. The molecule has 0 saturated carbocycles. The smallest absolute Gasteiger partial charge is 0.201 e. The molecule has 4 unspecified atom stereocenters. The molecule has 0 radical (unpaired) electrons. The Hall–Kier alpha value is -2.40. The number of allylic oxidation sites excluding steroid dienone is 6. The minimum Gasteiger partial charge on any atom is -0.506 e. The largest absolute Gasteiger partial charge is 0.506 e. The zero-order valence-corrected chi connectivity index (χ0v) is 46.7. The Morgan fingerprint density at radius 2 is 1.35 bits per heavy atom. The fraction of sp³-hybridized carbons (Fsp3) is 0.679. The third-order valence-electron chi connectivity index (χ3n) is 15.4. The van der Waals surface area contributed by atoms with E-state index >= 15 is 4.79 Å². The van der Waals surface area contributed by atoms with E-state index in [1.54, 1.807) is 0 Å². The first-order valence-corrected chi connectivity index (χ1v) is 28.9. The molecule has 6 nitrogen and oxygen atoms in total. The molecule has 2 aliphatic heterocycles. The summed E-state index contributed by atoms with van der Waals surface area (Å²) in [6.07, 6.45) is 17.9. The van der Waals surface area contributed by atoms with Crippen molar-refractivity contribution in [3.05, 3.63) is 63.6 Å². The molecule has 4 atom stereocenters. The van der Waals surface area contributed by atoms with Gasteiger partial charge in [-0.3, -0.25) is 4.79 Å². The second kappa shape index (κ2) is 23.9. The Kier molecular flexibility index (Phi) is 19.8. The summed E-state index contributed by atoms with van der Waals surface area (Å²) >= 11 is 16.1. The third-order valence-corrected chi connectivity index (χ3v) is 18.6. The Morgan fingerprint density at radius 1 is 0.788 bits per heavy atom. The number of unbranched alkanes of at least 4 members (excludes halogenated alkanes) is 2. The first-order valence-electron chi connectivity index (χ1n) is 25.8. The van der Waals surface area contributed by atoms with Crippen LogP contribution in [0.5, 0.6) is 0 Å². The number of aliphatic imine (C=N–C) groups is 1. The predicted octanol–water partition coefficient (Wildman–Crippen LogP) is 15.7. The van der Waals surface area contributed by atoms with Gasteiger partial charge in [0.05, 0.1) is 21.8 Å². The summed E-state index contributed by atoms with van der Waals surface area (Å²) in [6.45, 7) is 31.8. The summed E-state index contributed by atoms with van der Waals surface area (Å²) in [7, 11) is 0. The lowest BCUT2D eigenvalue weighted by molar-refractivity contribution is -0.111. The molecule has 0 bridgehead atoms. The molecule has 2 aliphatic carbocycles. The highest BCUT2D eigenvalue weighted by Crippen LogP contribution is 2.53. The van der Waals surface area contributed by atoms with Crippen molar-refractivity contribution in [3.8, 4) is 0 Å². The van der Waals surface area contributed by atoms with Gasteiger partial charge in [0.15, 0.2) is 0 Å². The number of fused-ring (bicyclic) bond motifs is 2. The molecule has 0 amide bonds. The van der Waals surface area contributed by atoms with Gasteiger partial charge in [-0.1, -0.05) is 118 Å². The lowest BCUT2D eigenvalue weighted by Gasteiger charge is -2.34. The van der Waals surface area contributed by atoms with Crippen LogP contribution in [0.3, 0.4) is 0 Å². The number of nitrogens with zero attached hydrogens (tertiary/aromatic N) is 3. The zero-order chi connectivity index (χ0) is 48.7. The molecule has 0 spiro atoms. The third kappa shape index (κ3) is 11.9. The Bertz CT molecular complexity index is 2090. The maximum absolute atomic E-state index is 15.0. The number of hydrogen-bond donors (Lipinski definition) is 2. The van der Waals surface area contributed by atoms with Gasteiger partial charge >= 0.3 is 0 Å². The molecule has 1 aromatic rings. The van der Waals surface area contributed by atoms with Crippen LogP contribution in [-0.2, 0) is 10.2 Å². The number of thioether (sulfide) groups is 2. The molecule has 366 valence electrons. The van der Waals surface area contributed by atoms with E-state index in [1.165, 1.54) is 68.4 Å². The maximum atomic E-state index is 15.0. The van der Waals surface area contributed by atoms with Crippen LogP contribution in [0.25, 0.3) is 5.57 Å². The first kappa shape index (κ1) is 54.5. The Balaban J connectivity index is 1.52. The van der Waals surface area contributed by atoms with Crippen molar-refractivity contribution >= 4 is 86.4 Å². The highest BCUT2D eigenvalue weighted by atomic mass is 32.2. The summed E-state index contributed by atoms with van der Waals surface area (Å²) in [5, 5.41) is 16.0. The topological polar surface area (TPSA) is 68.2 Å². The van der Waals surface area contributed by atoms with Crippen molar-refractivity contribution in [3.63, 3.8) is 0 Å². The summed E-state index contributed by atoms with van der Waals surface area (Å²) in [5.74, 6) is 5.91. The number of likely N-dealkylation sites (tertiary alicyclic amines) is 1. The minimum absolute atomic E-state index is 0.0141. The number of rotatable bonds is 24. The monoisotopic (exact) mass is 975 g/mol. The number of Topliss-reactive ketones (excluding diaryl/α,β-unsaturated/α-hetero) is 1. The van der Waals surface area contributed by atoms with E-state index in [9.17, 15) is 5.11 Å². The zero-order valence-electron chi connectivity index (χ0n) is 43.4. The summed E-state index contributed by atoms with van der Waals surface area (Å²) in [6, 6.07) is 5.35.